The highest BCUT2D eigenvalue weighted by molar-refractivity contribution is 5.85. The zero-order valence-electron chi connectivity index (χ0n) is 12.9. The van der Waals surface area contributed by atoms with Crippen LogP contribution in [-0.4, -0.2) is 11.4 Å². The van der Waals surface area contributed by atoms with E-state index in [1.165, 1.54) is 16.3 Å². The van der Waals surface area contributed by atoms with Gasteiger partial charge in [-0.3, -0.25) is 4.90 Å². The van der Waals surface area contributed by atoms with Crippen molar-refractivity contribution in [2.45, 2.75) is 13.1 Å². The van der Waals surface area contributed by atoms with Gasteiger partial charge in [-0.2, -0.15) is 5.26 Å². The standard InChI is InChI=1S/C20H19N3/c21-12-13-23(14-16-8-10-19(22)11-9-16)15-18-6-3-5-17-4-1-2-7-20(17)18/h1-11H,13-15,22H2. The molecule has 0 radical (unpaired) electrons. The second-order valence-corrected chi connectivity index (χ2v) is 5.68. The molecule has 0 aliphatic carbocycles. The zero-order chi connectivity index (χ0) is 16.1. The van der Waals surface area contributed by atoms with Gasteiger partial charge in [0.05, 0.1) is 12.6 Å². The Kier molecular flexibility index (Phi) is 4.56. The maximum Gasteiger partial charge on any atom is 0.0871 e. The number of nitrogens with two attached hydrogens (primary N) is 1. The van der Waals surface area contributed by atoms with Crippen molar-refractivity contribution in [2.75, 3.05) is 12.3 Å². The van der Waals surface area contributed by atoms with E-state index in [0.29, 0.717) is 6.54 Å². The number of nitrogens with zero attached hydrogens (tertiary/aromatic N) is 2. The minimum Gasteiger partial charge on any atom is -0.399 e. The predicted molar refractivity (Wildman–Crippen MR) is 94.5 cm³/mol. The average Bonchev–Trinajstić information content (AvgIpc) is 2.57. The summed E-state index contributed by atoms with van der Waals surface area (Å²) in [4.78, 5) is 2.15. The lowest BCUT2D eigenvalue weighted by molar-refractivity contribution is 0.290. The van der Waals surface area contributed by atoms with Gasteiger partial charge in [0.25, 0.3) is 0 Å². The second kappa shape index (κ2) is 6.95. The van der Waals surface area contributed by atoms with Crippen molar-refractivity contribution < 1.29 is 0 Å². The fourth-order valence-electron chi connectivity index (χ4n) is 2.82. The van der Waals surface area contributed by atoms with Gasteiger partial charge in [0.1, 0.15) is 0 Å². The molecule has 3 heteroatoms. The SMILES string of the molecule is N#CCN(Cc1ccc(N)cc1)Cc1cccc2ccccc12. The number of hydrogen-bond acceptors (Lipinski definition) is 3. The van der Waals surface area contributed by atoms with Gasteiger partial charge in [-0.15, -0.1) is 0 Å². The van der Waals surface area contributed by atoms with E-state index < -0.39 is 0 Å². The van der Waals surface area contributed by atoms with Crippen molar-refractivity contribution in [3.8, 4) is 6.07 Å². The van der Waals surface area contributed by atoms with Gasteiger partial charge in [-0.1, -0.05) is 54.6 Å². The summed E-state index contributed by atoms with van der Waals surface area (Å²) in [6.07, 6.45) is 0. The van der Waals surface area contributed by atoms with Crippen LogP contribution in [0.4, 0.5) is 5.69 Å². The molecule has 0 spiro atoms. The van der Waals surface area contributed by atoms with E-state index in [9.17, 15) is 0 Å². The van der Waals surface area contributed by atoms with Crippen LogP contribution in [0, 0.1) is 11.3 Å². The van der Waals surface area contributed by atoms with Crippen molar-refractivity contribution in [3.63, 3.8) is 0 Å². The topological polar surface area (TPSA) is 53.0 Å². The van der Waals surface area contributed by atoms with Crippen LogP contribution >= 0.6 is 0 Å². The van der Waals surface area contributed by atoms with E-state index in [4.69, 9.17) is 11.0 Å². The molecular weight excluding hydrogens is 282 g/mol. The van der Waals surface area contributed by atoms with Crippen LogP contribution in [0.3, 0.4) is 0 Å². The Morgan fingerprint density at radius 2 is 1.61 bits per heavy atom. The summed E-state index contributed by atoms with van der Waals surface area (Å²) in [6.45, 7) is 1.88. The Morgan fingerprint density at radius 3 is 2.39 bits per heavy atom. The highest BCUT2D eigenvalue weighted by Crippen LogP contribution is 2.21. The van der Waals surface area contributed by atoms with Crippen molar-refractivity contribution >= 4 is 16.5 Å². The number of hydrogen-bond donors (Lipinski definition) is 1. The van der Waals surface area contributed by atoms with Crippen molar-refractivity contribution in [1.82, 2.24) is 4.90 Å². The maximum atomic E-state index is 9.14. The van der Waals surface area contributed by atoms with Crippen LogP contribution in [0.15, 0.2) is 66.7 Å². The van der Waals surface area contributed by atoms with Crippen molar-refractivity contribution in [2.24, 2.45) is 0 Å². The summed E-state index contributed by atoms with van der Waals surface area (Å²) in [5, 5.41) is 11.6. The molecule has 23 heavy (non-hydrogen) atoms. The van der Waals surface area contributed by atoms with Crippen LogP contribution in [0.5, 0.6) is 0 Å². The molecule has 3 nitrogen and oxygen atoms in total. The fourth-order valence-corrected chi connectivity index (χ4v) is 2.82. The van der Waals surface area contributed by atoms with Gasteiger partial charge >= 0.3 is 0 Å². The lowest BCUT2D eigenvalue weighted by atomic mass is 10.0. The first kappa shape index (κ1) is 15.1. The molecular formula is C20H19N3. The predicted octanol–water partition coefficient (Wildman–Crippen LogP) is 3.95. The summed E-state index contributed by atoms with van der Waals surface area (Å²) >= 11 is 0. The summed E-state index contributed by atoms with van der Waals surface area (Å²) in [5.41, 5.74) is 8.90. The molecule has 3 aromatic carbocycles. The van der Waals surface area contributed by atoms with Crippen LogP contribution in [-0.2, 0) is 13.1 Å². The summed E-state index contributed by atoms with van der Waals surface area (Å²) in [5.74, 6) is 0. The number of rotatable bonds is 5. The summed E-state index contributed by atoms with van der Waals surface area (Å²) in [6, 6.07) is 24.8. The van der Waals surface area contributed by atoms with E-state index in [2.05, 4.69) is 47.4 Å². The molecule has 0 unspecified atom stereocenters. The van der Waals surface area contributed by atoms with E-state index >= 15 is 0 Å². The monoisotopic (exact) mass is 301 g/mol. The minimum atomic E-state index is 0.396. The van der Waals surface area contributed by atoms with E-state index in [1.807, 2.05) is 30.3 Å². The largest absolute Gasteiger partial charge is 0.399 e. The van der Waals surface area contributed by atoms with Crippen molar-refractivity contribution in [1.29, 1.82) is 5.26 Å². The van der Waals surface area contributed by atoms with Gasteiger partial charge in [0.15, 0.2) is 0 Å². The molecule has 0 amide bonds. The third-order valence-electron chi connectivity index (χ3n) is 3.95. The van der Waals surface area contributed by atoms with Crippen LogP contribution in [0.2, 0.25) is 0 Å². The van der Waals surface area contributed by atoms with Gasteiger partial charge in [-0.05, 0) is 34.0 Å². The molecule has 0 saturated carbocycles. The van der Waals surface area contributed by atoms with E-state index in [1.54, 1.807) is 0 Å². The second-order valence-electron chi connectivity index (χ2n) is 5.68. The van der Waals surface area contributed by atoms with Gasteiger partial charge in [0.2, 0.25) is 0 Å². The lowest BCUT2D eigenvalue weighted by Gasteiger charge is -2.20. The van der Waals surface area contributed by atoms with Crippen LogP contribution < -0.4 is 5.73 Å². The third-order valence-corrected chi connectivity index (χ3v) is 3.95. The smallest absolute Gasteiger partial charge is 0.0871 e. The minimum absolute atomic E-state index is 0.396. The summed E-state index contributed by atoms with van der Waals surface area (Å²) < 4.78 is 0. The first-order valence-corrected chi connectivity index (χ1v) is 7.66. The quantitative estimate of drug-likeness (QED) is 0.573. The van der Waals surface area contributed by atoms with Gasteiger partial charge < -0.3 is 5.73 Å². The van der Waals surface area contributed by atoms with Crippen LogP contribution in [0.1, 0.15) is 11.1 Å². The molecule has 0 fully saturated rings. The molecule has 3 aromatic rings. The Hall–Kier alpha value is -2.83. The normalized spacial score (nSPS) is 10.8. The summed E-state index contributed by atoms with van der Waals surface area (Å²) in [7, 11) is 0. The highest BCUT2D eigenvalue weighted by atomic mass is 15.1. The molecule has 0 bridgehead atoms. The third kappa shape index (κ3) is 3.68. The Bertz CT molecular complexity index is 826. The molecule has 0 aromatic heterocycles. The van der Waals surface area contributed by atoms with Crippen molar-refractivity contribution in [3.05, 3.63) is 77.9 Å². The van der Waals surface area contributed by atoms with E-state index in [0.717, 1.165) is 24.3 Å². The Labute approximate surface area is 136 Å². The molecule has 0 aliphatic heterocycles. The first-order chi connectivity index (χ1) is 11.3. The number of nitrogen functional groups attached to an aromatic ring is 1. The number of anilines is 1. The average molecular weight is 301 g/mol. The Balaban J connectivity index is 1.84. The molecule has 3 rings (SSSR count). The zero-order valence-corrected chi connectivity index (χ0v) is 12.9. The number of nitriles is 1. The molecule has 2 N–H and O–H groups in total. The molecule has 0 atom stereocenters. The van der Waals surface area contributed by atoms with Gasteiger partial charge in [-0.25, -0.2) is 0 Å². The molecule has 0 heterocycles. The molecule has 114 valence electrons. The highest BCUT2D eigenvalue weighted by Gasteiger charge is 2.09. The van der Waals surface area contributed by atoms with Gasteiger partial charge in [0, 0.05) is 18.8 Å². The number of benzene rings is 3. The molecule has 0 saturated heterocycles. The fraction of sp³-hybridized carbons (Fsp3) is 0.150. The molecule has 0 aliphatic rings. The van der Waals surface area contributed by atoms with Crippen LogP contribution in [0.25, 0.3) is 10.8 Å². The van der Waals surface area contributed by atoms with E-state index in [-0.39, 0.29) is 0 Å². The maximum absolute atomic E-state index is 9.14. The lowest BCUT2D eigenvalue weighted by Crippen LogP contribution is -2.23. The Morgan fingerprint density at radius 1 is 0.870 bits per heavy atom. The first-order valence-electron chi connectivity index (χ1n) is 7.66. The number of fused-ring (bicyclic) bond motifs is 1.